The fourth-order valence-electron chi connectivity index (χ4n) is 0.936. The highest BCUT2D eigenvalue weighted by Crippen LogP contribution is 2.10. The van der Waals surface area contributed by atoms with Gasteiger partial charge in [-0.15, -0.1) is 0 Å². The second-order valence-electron chi connectivity index (χ2n) is 3.60. The van der Waals surface area contributed by atoms with Gasteiger partial charge in [-0.05, 0) is 24.3 Å². The lowest BCUT2D eigenvalue weighted by atomic mass is 10.2. The Morgan fingerprint density at radius 2 is 1.69 bits per heavy atom. The first-order chi connectivity index (χ1) is 7.50. The van der Waals surface area contributed by atoms with Crippen LogP contribution in [-0.2, 0) is 4.79 Å². The van der Waals surface area contributed by atoms with Gasteiger partial charge >= 0.3 is 0 Å². The van der Waals surface area contributed by atoms with Crippen LogP contribution < -0.4 is 10.9 Å². The maximum absolute atomic E-state index is 11.5. The first-order valence-electron chi connectivity index (χ1n) is 4.86. The Morgan fingerprint density at radius 1 is 1.12 bits per heavy atom. The van der Waals surface area contributed by atoms with Crippen molar-refractivity contribution in [1.82, 2.24) is 10.9 Å². The number of benzene rings is 1. The van der Waals surface area contributed by atoms with Gasteiger partial charge in [0.05, 0.1) is 0 Å². The van der Waals surface area contributed by atoms with E-state index in [4.69, 9.17) is 0 Å². The summed E-state index contributed by atoms with van der Waals surface area (Å²) in [5.74, 6) is -0.711. The van der Waals surface area contributed by atoms with Crippen molar-refractivity contribution in [2.75, 3.05) is 0 Å². The minimum Gasteiger partial charge on any atom is -0.273 e. The molecule has 2 amide bonds. The van der Waals surface area contributed by atoms with Crippen LogP contribution in [0.25, 0.3) is 0 Å². The van der Waals surface area contributed by atoms with Crippen molar-refractivity contribution in [2.45, 2.75) is 13.8 Å². The van der Waals surface area contributed by atoms with Gasteiger partial charge in [0.15, 0.2) is 0 Å². The molecule has 0 bridgehead atoms. The van der Waals surface area contributed by atoms with E-state index in [0.29, 0.717) is 5.56 Å². The molecule has 0 fully saturated rings. The summed E-state index contributed by atoms with van der Waals surface area (Å²) in [7, 11) is 0. The van der Waals surface area contributed by atoms with Gasteiger partial charge in [0.25, 0.3) is 5.91 Å². The summed E-state index contributed by atoms with van der Waals surface area (Å²) in [6, 6.07) is 6.86. The van der Waals surface area contributed by atoms with Gasteiger partial charge < -0.3 is 0 Å². The molecule has 2 N–H and O–H groups in total. The van der Waals surface area contributed by atoms with E-state index in [1.807, 2.05) is 0 Å². The van der Waals surface area contributed by atoms with Crippen LogP contribution >= 0.6 is 15.9 Å². The largest absolute Gasteiger partial charge is 0.273 e. The molecule has 0 aliphatic carbocycles. The maximum atomic E-state index is 11.5. The number of hydrogen-bond donors (Lipinski definition) is 2. The third-order valence-electron chi connectivity index (χ3n) is 1.93. The molecule has 0 aliphatic heterocycles. The van der Waals surface area contributed by atoms with E-state index in [9.17, 15) is 9.59 Å². The lowest BCUT2D eigenvalue weighted by molar-refractivity contribution is -0.124. The Kier molecular flexibility index (Phi) is 4.49. The number of carbonyl (C=O) groups excluding carboxylic acids is 2. The molecule has 0 atom stereocenters. The van der Waals surface area contributed by atoms with E-state index in [-0.39, 0.29) is 17.7 Å². The van der Waals surface area contributed by atoms with Crippen LogP contribution in [0.1, 0.15) is 24.2 Å². The van der Waals surface area contributed by atoms with E-state index in [1.165, 1.54) is 0 Å². The molecule has 86 valence electrons. The predicted octanol–water partition coefficient (Wildman–Crippen LogP) is 1.87. The van der Waals surface area contributed by atoms with Crippen molar-refractivity contribution < 1.29 is 9.59 Å². The Morgan fingerprint density at radius 3 is 2.19 bits per heavy atom. The first kappa shape index (κ1) is 12.7. The minimum absolute atomic E-state index is 0.162. The van der Waals surface area contributed by atoms with Crippen molar-refractivity contribution in [1.29, 1.82) is 0 Å². The standard InChI is InChI=1S/C11H13BrN2O2/c1-7(2)10(15)13-14-11(16)8-3-5-9(12)6-4-8/h3-7H,1-2H3,(H,13,15)(H,14,16). The SMILES string of the molecule is CC(C)C(=O)NNC(=O)c1ccc(Br)cc1. The van der Waals surface area contributed by atoms with Crippen LogP contribution in [-0.4, -0.2) is 11.8 Å². The summed E-state index contributed by atoms with van der Waals surface area (Å²) in [4.78, 5) is 22.7. The highest BCUT2D eigenvalue weighted by molar-refractivity contribution is 9.10. The van der Waals surface area contributed by atoms with Crippen LogP contribution in [0, 0.1) is 5.92 Å². The molecule has 0 aromatic heterocycles. The summed E-state index contributed by atoms with van der Waals surface area (Å²) in [6.45, 7) is 3.50. The molecule has 16 heavy (non-hydrogen) atoms. The second kappa shape index (κ2) is 5.65. The first-order valence-corrected chi connectivity index (χ1v) is 5.65. The molecular weight excluding hydrogens is 272 g/mol. The smallest absolute Gasteiger partial charge is 0.269 e. The highest BCUT2D eigenvalue weighted by atomic mass is 79.9. The molecule has 1 rings (SSSR count). The number of hydrazine groups is 1. The predicted molar refractivity (Wildman–Crippen MR) is 64.6 cm³/mol. The zero-order valence-electron chi connectivity index (χ0n) is 9.08. The number of rotatable bonds is 2. The fraction of sp³-hybridized carbons (Fsp3) is 0.273. The summed E-state index contributed by atoms with van der Waals surface area (Å²) in [5, 5.41) is 0. The second-order valence-corrected chi connectivity index (χ2v) is 4.52. The Balaban J connectivity index is 2.53. The number of nitrogens with one attached hydrogen (secondary N) is 2. The van der Waals surface area contributed by atoms with Crippen molar-refractivity contribution in [3.8, 4) is 0 Å². The van der Waals surface area contributed by atoms with Crippen molar-refractivity contribution in [2.24, 2.45) is 5.92 Å². The average Bonchev–Trinajstić information content (AvgIpc) is 2.26. The van der Waals surface area contributed by atoms with Crippen molar-refractivity contribution in [3.63, 3.8) is 0 Å². The molecule has 0 saturated heterocycles. The third kappa shape index (κ3) is 3.66. The van der Waals surface area contributed by atoms with Crippen LogP contribution in [0.5, 0.6) is 0 Å². The van der Waals surface area contributed by atoms with Gasteiger partial charge in [0.1, 0.15) is 0 Å². The number of halogens is 1. The normalized spacial score (nSPS) is 10.0. The van der Waals surface area contributed by atoms with Gasteiger partial charge in [-0.3, -0.25) is 20.4 Å². The average molecular weight is 285 g/mol. The molecule has 1 aromatic carbocycles. The molecule has 5 heteroatoms. The van der Waals surface area contributed by atoms with Crippen LogP contribution in [0.15, 0.2) is 28.7 Å². The Labute approximate surface area is 103 Å². The van der Waals surface area contributed by atoms with E-state index in [0.717, 1.165) is 4.47 Å². The van der Waals surface area contributed by atoms with Crippen LogP contribution in [0.4, 0.5) is 0 Å². The Hall–Kier alpha value is -1.36. The van der Waals surface area contributed by atoms with Gasteiger partial charge in [-0.2, -0.15) is 0 Å². The summed E-state index contributed by atoms with van der Waals surface area (Å²) >= 11 is 3.27. The van der Waals surface area contributed by atoms with Gasteiger partial charge in [-0.1, -0.05) is 29.8 Å². The Bertz CT molecular complexity index is 387. The molecule has 0 spiro atoms. The van der Waals surface area contributed by atoms with E-state index in [2.05, 4.69) is 26.8 Å². The van der Waals surface area contributed by atoms with Gasteiger partial charge in [0, 0.05) is 16.0 Å². The summed E-state index contributed by atoms with van der Waals surface area (Å²) in [5.41, 5.74) is 5.18. The molecule has 0 unspecified atom stereocenters. The molecule has 0 aliphatic rings. The molecule has 0 radical (unpaired) electrons. The monoisotopic (exact) mass is 284 g/mol. The maximum Gasteiger partial charge on any atom is 0.269 e. The van der Waals surface area contributed by atoms with Gasteiger partial charge in [-0.25, -0.2) is 0 Å². The van der Waals surface area contributed by atoms with Crippen molar-refractivity contribution in [3.05, 3.63) is 34.3 Å². The zero-order chi connectivity index (χ0) is 12.1. The summed E-state index contributed by atoms with van der Waals surface area (Å²) in [6.07, 6.45) is 0. The quantitative estimate of drug-likeness (QED) is 0.815. The van der Waals surface area contributed by atoms with E-state index < -0.39 is 0 Å². The molecular formula is C11H13BrN2O2. The van der Waals surface area contributed by atoms with Crippen molar-refractivity contribution >= 4 is 27.7 Å². The minimum atomic E-state index is -0.332. The van der Waals surface area contributed by atoms with E-state index in [1.54, 1.807) is 38.1 Å². The molecule has 1 aromatic rings. The molecule has 0 heterocycles. The van der Waals surface area contributed by atoms with Gasteiger partial charge in [0.2, 0.25) is 5.91 Å². The molecule has 0 saturated carbocycles. The number of amides is 2. The number of hydrogen-bond acceptors (Lipinski definition) is 2. The molecule has 4 nitrogen and oxygen atoms in total. The van der Waals surface area contributed by atoms with Crippen LogP contribution in [0.2, 0.25) is 0 Å². The van der Waals surface area contributed by atoms with Crippen LogP contribution in [0.3, 0.4) is 0 Å². The topological polar surface area (TPSA) is 58.2 Å². The summed E-state index contributed by atoms with van der Waals surface area (Å²) < 4.78 is 0.898. The fourth-order valence-corrected chi connectivity index (χ4v) is 1.20. The third-order valence-corrected chi connectivity index (χ3v) is 2.46. The zero-order valence-corrected chi connectivity index (χ0v) is 10.7. The lowest BCUT2D eigenvalue weighted by Gasteiger charge is -2.09. The van der Waals surface area contributed by atoms with E-state index >= 15 is 0 Å². The highest BCUT2D eigenvalue weighted by Gasteiger charge is 2.09. The number of carbonyl (C=O) groups is 2. The lowest BCUT2D eigenvalue weighted by Crippen LogP contribution is -2.43.